The summed E-state index contributed by atoms with van der Waals surface area (Å²) in [6.45, 7) is 2.55. The number of aryl methyl sites for hydroxylation is 1. The van der Waals surface area contributed by atoms with E-state index >= 15 is 0 Å². The normalized spacial score (nSPS) is 11.7. The van der Waals surface area contributed by atoms with Crippen LogP contribution in [0.25, 0.3) is 0 Å². The standard InChI is InChI=1S/C11H16N4O4S/c1-6-3-13-10(20-6)7(2)14-11(19)15(4-8(12)16)5-9(17)18/h3,7H,4-5H2,1-2H3,(H2,12,16)(H,14,19)(H,17,18). The van der Waals surface area contributed by atoms with E-state index in [4.69, 9.17) is 10.8 Å². The van der Waals surface area contributed by atoms with E-state index in [9.17, 15) is 14.4 Å². The smallest absolute Gasteiger partial charge is 0.323 e. The Morgan fingerprint density at radius 2 is 2.15 bits per heavy atom. The second kappa shape index (κ2) is 6.85. The van der Waals surface area contributed by atoms with Gasteiger partial charge in [0.25, 0.3) is 0 Å². The molecule has 0 fully saturated rings. The van der Waals surface area contributed by atoms with Crippen molar-refractivity contribution >= 4 is 29.2 Å². The summed E-state index contributed by atoms with van der Waals surface area (Å²) in [5.74, 6) is -2.00. The molecular formula is C11H16N4O4S. The van der Waals surface area contributed by atoms with E-state index in [-0.39, 0.29) is 6.04 Å². The van der Waals surface area contributed by atoms with Crippen molar-refractivity contribution in [3.63, 3.8) is 0 Å². The molecule has 1 atom stereocenters. The Bertz CT molecular complexity index is 500. The van der Waals surface area contributed by atoms with E-state index < -0.39 is 31.0 Å². The molecule has 1 aromatic rings. The number of carboxylic acids is 1. The molecule has 1 aromatic heterocycles. The molecule has 1 rings (SSSR count). The van der Waals surface area contributed by atoms with Crippen LogP contribution in [-0.2, 0) is 9.59 Å². The number of nitrogens with two attached hydrogens (primary N) is 1. The molecule has 0 saturated carbocycles. The molecule has 3 amide bonds. The van der Waals surface area contributed by atoms with Crippen LogP contribution < -0.4 is 11.1 Å². The zero-order chi connectivity index (χ0) is 15.3. The fourth-order valence-corrected chi connectivity index (χ4v) is 2.24. The van der Waals surface area contributed by atoms with Crippen LogP contribution in [0.15, 0.2) is 6.20 Å². The zero-order valence-corrected chi connectivity index (χ0v) is 11.9. The monoisotopic (exact) mass is 300 g/mol. The third-order valence-corrected chi connectivity index (χ3v) is 3.41. The van der Waals surface area contributed by atoms with Gasteiger partial charge < -0.3 is 21.1 Å². The molecule has 0 radical (unpaired) electrons. The molecule has 4 N–H and O–H groups in total. The van der Waals surface area contributed by atoms with Crippen LogP contribution in [0, 0.1) is 6.92 Å². The lowest BCUT2D eigenvalue weighted by Crippen LogP contribution is -2.47. The minimum absolute atomic E-state index is 0.384. The van der Waals surface area contributed by atoms with Crippen LogP contribution in [0.2, 0.25) is 0 Å². The fraction of sp³-hybridized carbons (Fsp3) is 0.455. The lowest BCUT2D eigenvalue weighted by molar-refractivity contribution is -0.137. The third kappa shape index (κ3) is 4.84. The summed E-state index contributed by atoms with van der Waals surface area (Å²) >= 11 is 1.43. The Morgan fingerprint density at radius 3 is 2.60 bits per heavy atom. The van der Waals surface area contributed by atoms with Gasteiger partial charge in [0.05, 0.1) is 6.04 Å². The predicted octanol–water partition coefficient (Wildman–Crippen LogP) is 0.0940. The molecule has 0 aliphatic carbocycles. The summed E-state index contributed by atoms with van der Waals surface area (Å²) < 4.78 is 0. The van der Waals surface area contributed by atoms with Gasteiger partial charge in [-0.15, -0.1) is 11.3 Å². The van der Waals surface area contributed by atoms with E-state index in [0.717, 1.165) is 9.78 Å². The number of rotatable bonds is 6. The zero-order valence-electron chi connectivity index (χ0n) is 11.1. The number of hydrogen-bond acceptors (Lipinski definition) is 5. The summed E-state index contributed by atoms with van der Waals surface area (Å²) in [5.41, 5.74) is 4.99. The molecule has 0 saturated heterocycles. The average molecular weight is 300 g/mol. The summed E-state index contributed by atoms with van der Waals surface area (Å²) in [6.07, 6.45) is 1.68. The molecule has 0 spiro atoms. The van der Waals surface area contributed by atoms with Gasteiger partial charge in [-0.3, -0.25) is 9.59 Å². The van der Waals surface area contributed by atoms with Crippen LogP contribution in [0.4, 0.5) is 4.79 Å². The number of aromatic nitrogens is 1. The number of thiazole rings is 1. The van der Waals surface area contributed by atoms with Gasteiger partial charge in [0.15, 0.2) is 0 Å². The molecule has 0 aromatic carbocycles. The Labute approximate surface area is 119 Å². The van der Waals surface area contributed by atoms with Crippen molar-refractivity contribution in [3.05, 3.63) is 16.1 Å². The highest BCUT2D eigenvalue weighted by atomic mass is 32.1. The lowest BCUT2D eigenvalue weighted by atomic mass is 10.3. The van der Waals surface area contributed by atoms with Gasteiger partial charge in [-0.1, -0.05) is 0 Å². The molecule has 0 aliphatic rings. The maximum absolute atomic E-state index is 11.9. The van der Waals surface area contributed by atoms with Gasteiger partial charge in [0, 0.05) is 11.1 Å². The Hall–Kier alpha value is -2.16. The van der Waals surface area contributed by atoms with E-state index in [1.807, 2.05) is 6.92 Å². The number of carboxylic acid groups (broad SMARTS) is 1. The summed E-state index contributed by atoms with van der Waals surface area (Å²) in [6, 6.07) is -1.06. The number of carbonyl (C=O) groups is 3. The molecule has 1 unspecified atom stereocenters. The van der Waals surface area contributed by atoms with E-state index in [0.29, 0.717) is 5.01 Å². The van der Waals surface area contributed by atoms with E-state index in [2.05, 4.69) is 10.3 Å². The number of hydrogen-bond donors (Lipinski definition) is 3. The largest absolute Gasteiger partial charge is 0.480 e. The Morgan fingerprint density at radius 1 is 1.50 bits per heavy atom. The first-order chi connectivity index (χ1) is 9.29. The van der Waals surface area contributed by atoms with Crippen molar-refractivity contribution in [1.82, 2.24) is 15.2 Å². The Kier molecular flexibility index (Phi) is 5.44. The van der Waals surface area contributed by atoms with Gasteiger partial charge in [-0.25, -0.2) is 9.78 Å². The molecular weight excluding hydrogens is 284 g/mol. The number of primary amides is 1. The van der Waals surface area contributed by atoms with Crippen LogP contribution >= 0.6 is 11.3 Å². The molecule has 8 nitrogen and oxygen atoms in total. The molecule has 20 heavy (non-hydrogen) atoms. The number of amides is 3. The molecule has 9 heteroatoms. The first-order valence-corrected chi connectivity index (χ1v) is 6.59. The van der Waals surface area contributed by atoms with E-state index in [1.165, 1.54) is 11.3 Å². The van der Waals surface area contributed by atoms with Crippen molar-refractivity contribution in [2.24, 2.45) is 5.73 Å². The van der Waals surface area contributed by atoms with Gasteiger partial charge >= 0.3 is 12.0 Å². The first-order valence-electron chi connectivity index (χ1n) is 5.77. The summed E-state index contributed by atoms with van der Waals surface area (Å²) in [4.78, 5) is 39.4. The molecule has 0 bridgehead atoms. The number of urea groups is 1. The maximum Gasteiger partial charge on any atom is 0.323 e. The fourth-order valence-electron chi connectivity index (χ4n) is 1.46. The minimum atomic E-state index is -1.22. The van der Waals surface area contributed by atoms with Crippen molar-refractivity contribution in [3.8, 4) is 0 Å². The number of nitrogens with zero attached hydrogens (tertiary/aromatic N) is 2. The first kappa shape index (κ1) is 15.9. The Balaban J connectivity index is 2.69. The van der Waals surface area contributed by atoms with Crippen LogP contribution in [0.5, 0.6) is 0 Å². The van der Waals surface area contributed by atoms with Crippen molar-refractivity contribution in [1.29, 1.82) is 0 Å². The minimum Gasteiger partial charge on any atom is -0.480 e. The van der Waals surface area contributed by atoms with Crippen LogP contribution in [0.3, 0.4) is 0 Å². The molecule has 0 aliphatic heterocycles. The van der Waals surface area contributed by atoms with Crippen molar-refractivity contribution in [2.75, 3.05) is 13.1 Å². The topological polar surface area (TPSA) is 126 Å². The van der Waals surface area contributed by atoms with Crippen molar-refractivity contribution < 1.29 is 19.5 Å². The third-order valence-electron chi connectivity index (χ3n) is 2.31. The van der Waals surface area contributed by atoms with Crippen LogP contribution in [-0.4, -0.2) is 46.0 Å². The number of aliphatic carboxylic acids is 1. The predicted molar refractivity (Wildman–Crippen MR) is 72.2 cm³/mol. The van der Waals surface area contributed by atoms with Gasteiger partial charge in [-0.2, -0.15) is 0 Å². The highest BCUT2D eigenvalue weighted by Crippen LogP contribution is 2.18. The quantitative estimate of drug-likeness (QED) is 0.686. The second-order valence-electron chi connectivity index (χ2n) is 4.20. The van der Waals surface area contributed by atoms with Crippen molar-refractivity contribution in [2.45, 2.75) is 19.9 Å². The van der Waals surface area contributed by atoms with Gasteiger partial charge in [0.2, 0.25) is 5.91 Å². The van der Waals surface area contributed by atoms with Crippen LogP contribution in [0.1, 0.15) is 22.9 Å². The average Bonchev–Trinajstić information content (AvgIpc) is 2.73. The molecule has 110 valence electrons. The highest BCUT2D eigenvalue weighted by Gasteiger charge is 2.21. The van der Waals surface area contributed by atoms with Gasteiger partial charge in [0.1, 0.15) is 18.1 Å². The highest BCUT2D eigenvalue weighted by molar-refractivity contribution is 7.11. The van der Waals surface area contributed by atoms with E-state index in [1.54, 1.807) is 13.1 Å². The number of carbonyl (C=O) groups excluding carboxylic acids is 2. The number of nitrogens with one attached hydrogen (secondary N) is 1. The lowest BCUT2D eigenvalue weighted by Gasteiger charge is -2.21. The van der Waals surface area contributed by atoms with Gasteiger partial charge in [-0.05, 0) is 13.8 Å². The molecule has 1 heterocycles. The maximum atomic E-state index is 11.9. The second-order valence-corrected chi connectivity index (χ2v) is 5.46. The summed E-state index contributed by atoms with van der Waals surface area (Å²) in [5, 5.41) is 12.0. The summed E-state index contributed by atoms with van der Waals surface area (Å²) in [7, 11) is 0. The SMILES string of the molecule is Cc1cnc(C(C)NC(=O)N(CC(N)=O)CC(=O)O)s1.